The molecule has 0 saturated carbocycles. The van der Waals surface area contributed by atoms with Crippen LogP contribution in [0.4, 0.5) is 4.79 Å². The number of Topliss-reactive ketones (excluding diaryl/α,β-unsaturated/α-hetero) is 1. The first-order valence-corrected chi connectivity index (χ1v) is 10.8. The van der Waals surface area contributed by atoms with Gasteiger partial charge in [-0.15, -0.1) is 0 Å². The number of likely N-dealkylation sites (tertiary alicyclic amines) is 1. The number of carbonyl (C=O) groups excluding carboxylic acids is 2. The van der Waals surface area contributed by atoms with Crippen LogP contribution in [-0.4, -0.2) is 29.3 Å². The lowest BCUT2D eigenvalue weighted by atomic mass is 9.95. The van der Waals surface area contributed by atoms with Gasteiger partial charge in [0, 0.05) is 24.6 Å². The van der Waals surface area contributed by atoms with E-state index in [1.807, 2.05) is 60.4 Å². The second-order valence-corrected chi connectivity index (χ2v) is 8.08. The highest BCUT2D eigenvalue weighted by Gasteiger charge is 2.29. The van der Waals surface area contributed by atoms with Crippen molar-refractivity contribution in [1.82, 2.24) is 10.2 Å². The van der Waals surface area contributed by atoms with Crippen LogP contribution in [0.1, 0.15) is 54.6 Å². The van der Waals surface area contributed by atoms with Gasteiger partial charge in [-0.2, -0.15) is 0 Å². The topological polar surface area (TPSA) is 49.4 Å². The molecule has 0 spiro atoms. The standard InChI is InChI=1S/C26H28N2O2/c1-19(23-16-9-13-20-10-5-6-15-24(20)23)27-26(30)28-17-8-7-14-22(28)18-25(29)21-11-3-2-4-12-21/h2-6,9-13,15-16,19,22H,7-8,14,17-18H2,1H3,(H,27,30)/t19-,22+/m0/s1. The molecule has 1 heterocycles. The van der Waals surface area contributed by atoms with E-state index in [-0.39, 0.29) is 23.9 Å². The smallest absolute Gasteiger partial charge is 0.318 e. The van der Waals surface area contributed by atoms with Crippen LogP contribution in [0.5, 0.6) is 0 Å². The van der Waals surface area contributed by atoms with E-state index in [9.17, 15) is 9.59 Å². The van der Waals surface area contributed by atoms with Gasteiger partial charge in [0.25, 0.3) is 0 Å². The number of urea groups is 1. The van der Waals surface area contributed by atoms with E-state index in [1.165, 1.54) is 5.39 Å². The minimum absolute atomic E-state index is 0.0498. The van der Waals surface area contributed by atoms with Crippen LogP contribution >= 0.6 is 0 Å². The lowest BCUT2D eigenvalue weighted by molar-refractivity contribution is 0.0906. The van der Waals surface area contributed by atoms with Gasteiger partial charge in [0.1, 0.15) is 0 Å². The number of hydrogen-bond acceptors (Lipinski definition) is 2. The molecule has 0 aromatic heterocycles. The molecule has 3 aromatic rings. The minimum atomic E-state index is -0.115. The Kier molecular flexibility index (Phi) is 6.12. The van der Waals surface area contributed by atoms with Crippen molar-refractivity contribution in [3.8, 4) is 0 Å². The number of amides is 2. The normalized spacial score (nSPS) is 17.5. The first kappa shape index (κ1) is 20.1. The summed E-state index contributed by atoms with van der Waals surface area (Å²) in [5.41, 5.74) is 1.82. The van der Waals surface area contributed by atoms with Gasteiger partial charge in [-0.3, -0.25) is 4.79 Å². The summed E-state index contributed by atoms with van der Waals surface area (Å²) in [6.45, 7) is 2.72. The summed E-state index contributed by atoms with van der Waals surface area (Å²) < 4.78 is 0. The minimum Gasteiger partial charge on any atom is -0.331 e. The molecule has 0 aliphatic carbocycles. The van der Waals surface area contributed by atoms with Crippen LogP contribution in [0.25, 0.3) is 10.8 Å². The number of hydrogen-bond donors (Lipinski definition) is 1. The van der Waals surface area contributed by atoms with Crippen molar-refractivity contribution in [3.63, 3.8) is 0 Å². The SMILES string of the molecule is C[C@H](NC(=O)N1CCCC[C@@H]1CC(=O)c1ccccc1)c1cccc2ccccc12. The third-order valence-electron chi connectivity index (χ3n) is 6.03. The fourth-order valence-corrected chi connectivity index (χ4v) is 4.41. The van der Waals surface area contributed by atoms with Gasteiger partial charge in [0.2, 0.25) is 0 Å². The molecule has 3 aromatic carbocycles. The predicted molar refractivity (Wildman–Crippen MR) is 121 cm³/mol. The number of nitrogens with zero attached hydrogens (tertiary/aromatic N) is 1. The average molecular weight is 401 g/mol. The molecule has 4 nitrogen and oxygen atoms in total. The van der Waals surface area contributed by atoms with Gasteiger partial charge < -0.3 is 10.2 Å². The quantitative estimate of drug-likeness (QED) is 0.555. The summed E-state index contributed by atoms with van der Waals surface area (Å²) >= 11 is 0. The highest BCUT2D eigenvalue weighted by atomic mass is 16.2. The fraction of sp³-hybridized carbons (Fsp3) is 0.308. The maximum absolute atomic E-state index is 13.1. The van der Waals surface area contributed by atoms with E-state index in [4.69, 9.17) is 0 Å². The molecule has 1 aliphatic heterocycles. The Morgan fingerprint density at radius 1 is 0.967 bits per heavy atom. The van der Waals surface area contributed by atoms with Crippen molar-refractivity contribution in [2.75, 3.05) is 6.54 Å². The molecule has 1 N–H and O–H groups in total. The highest BCUT2D eigenvalue weighted by Crippen LogP contribution is 2.26. The maximum atomic E-state index is 13.1. The van der Waals surface area contributed by atoms with Crippen LogP contribution in [0, 0.1) is 0 Å². The molecule has 30 heavy (non-hydrogen) atoms. The number of carbonyl (C=O) groups is 2. The zero-order valence-electron chi connectivity index (χ0n) is 17.4. The molecule has 4 rings (SSSR count). The summed E-state index contributed by atoms with van der Waals surface area (Å²) in [5.74, 6) is 0.0994. The van der Waals surface area contributed by atoms with E-state index in [0.29, 0.717) is 18.5 Å². The van der Waals surface area contributed by atoms with Crippen molar-refractivity contribution in [3.05, 3.63) is 83.9 Å². The fourth-order valence-electron chi connectivity index (χ4n) is 4.41. The Hall–Kier alpha value is -3.14. The Bertz CT molecular complexity index is 1030. The van der Waals surface area contributed by atoms with Gasteiger partial charge >= 0.3 is 6.03 Å². The number of piperidine rings is 1. The van der Waals surface area contributed by atoms with Crippen molar-refractivity contribution >= 4 is 22.6 Å². The lowest BCUT2D eigenvalue weighted by Gasteiger charge is -2.36. The van der Waals surface area contributed by atoms with Crippen LogP contribution in [0.3, 0.4) is 0 Å². The predicted octanol–water partition coefficient (Wildman–Crippen LogP) is 5.74. The van der Waals surface area contributed by atoms with Crippen molar-refractivity contribution < 1.29 is 9.59 Å². The molecule has 154 valence electrons. The summed E-state index contributed by atoms with van der Waals surface area (Å²) in [6, 6.07) is 23.5. The van der Waals surface area contributed by atoms with E-state index < -0.39 is 0 Å². The summed E-state index contributed by atoms with van der Waals surface area (Å²) in [6.07, 6.45) is 3.27. The van der Waals surface area contributed by atoms with Gasteiger partial charge in [-0.25, -0.2) is 4.79 Å². The van der Waals surface area contributed by atoms with Gasteiger partial charge in [-0.1, -0.05) is 72.8 Å². The molecule has 0 bridgehead atoms. The Morgan fingerprint density at radius 2 is 1.70 bits per heavy atom. The van der Waals surface area contributed by atoms with Gasteiger partial charge in [-0.05, 0) is 42.5 Å². The second kappa shape index (κ2) is 9.12. The van der Waals surface area contributed by atoms with Crippen LogP contribution in [0.2, 0.25) is 0 Å². The van der Waals surface area contributed by atoms with E-state index >= 15 is 0 Å². The molecule has 0 unspecified atom stereocenters. The lowest BCUT2D eigenvalue weighted by Crippen LogP contribution is -2.49. The molecule has 2 atom stereocenters. The number of nitrogens with one attached hydrogen (secondary N) is 1. The number of benzene rings is 3. The van der Waals surface area contributed by atoms with Crippen LogP contribution in [-0.2, 0) is 0 Å². The van der Waals surface area contributed by atoms with Gasteiger partial charge in [0.05, 0.1) is 6.04 Å². The molecule has 1 aliphatic rings. The molecule has 2 amide bonds. The average Bonchev–Trinajstić information content (AvgIpc) is 2.79. The van der Waals surface area contributed by atoms with E-state index in [0.717, 1.165) is 30.2 Å². The second-order valence-electron chi connectivity index (χ2n) is 8.08. The zero-order chi connectivity index (χ0) is 20.9. The highest BCUT2D eigenvalue weighted by molar-refractivity contribution is 5.96. The Labute approximate surface area is 177 Å². The van der Waals surface area contributed by atoms with E-state index in [1.54, 1.807) is 0 Å². The Morgan fingerprint density at radius 3 is 2.53 bits per heavy atom. The molecular weight excluding hydrogens is 372 g/mol. The monoisotopic (exact) mass is 400 g/mol. The van der Waals surface area contributed by atoms with E-state index in [2.05, 4.69) is 29.6 Å². The first-order chi connectivity index (χ1) is 14.6. The van der Waals surface area contributed by atoms with Crippen LogP contribution in [0.15, 0.2) is 72.8 Å². The Balaban J connectivity index is 1.47. The first-order valence-electron chi connectivity index (χ1n) is 10.8. The maximum Gasteiger partial charge on any atom is 0.318 e. The summed E-state index contributed by atoms with van der Waals surface area (Å²) in [4.78, 5) is 27.7. The third kappa shape index (κ3) is 4.38. The zero-order valence-corrected chi connectivity index (χ0v) is 17.4. The van der Waals surface area contributed by atoms with Crippen LogP contribution < -0.4 is 5.32 Å². The van der Waals surface area contributed by atoms with Crippen molar-refractivity contribution in [1.29, 1.82) is 0 Å². The number of fused-ring (bicyclic) bond motifs is 1. The number of rotatable bonds is 5. The number of ketones is 1. The third-order valence-corrected chi connectivity index (χ3v) is 6.03. The summed E-state index contributed by atoms with van der Waals surface area (Å²) in [5, 5.41) is 5.50. The van der Waals surface area contributed by atoms with Crippen molar-refractivity contribution in [2.45, 2.75) is 44.7 Å². The van der Waals surface area contributed by atoms with Crippen molar-refractivity contribution in [2.24, 2.45) is 0 Å². The molecular formula is C26H28N2O2. The molecule has 0 radical (unpaired) electrons. The molecule has 1 saturated heterocycles. The molecule has 4 heteroatoms. The largest absolute Gasteiger partial charge is 0.331 e. The van der Waals surface area contributed by atoms with Gasteiger partial charge in [0.15, 0.2) is 5.78 Å². The molecule has 1 fully saturated rings. The summed E-state index contributed by atoms with van der Waals surface area (Å²) in [7, 11) is 0.